The van der Waals surface area contributed by atoms with Crippen molar-refractivity contribution >= 4 is 24.0 Å². The van der Waals surface area contributed by atoms with Crippen molar-refractivity contribution in [1.82, 2.24) is 0 Å². The van der Waals surface area contributed by atoms with Crippen LogP contribution in [-0.2, 0) is 0 Å². The van der Waals surface area contributed by atoms with E-state index in [1.165, 1.54) is 17.1 Å². The van der Waals surface area contributed by atoms with Gasteiger partial charge in [0, 0.05) is 17.4 Å². The lowest BCUT2D eigenvalue weighted by Gasteiger charge is -2.18. The molecular formula is C14H22ClFN2. The molecule has 0 fully saturated rings. The van der Waals surface area contributed by atoms with Gasteiger partial charge in [-0.25, -0.2) is 9.40 Å². The summed E-state index contributed by atoms with van der Waals surface area (Å²) < 4.78 is 13.4. The van der Waals surface area contributed by atoms with Crippen LogP contribution in [0.2, 0.25) is 5.02 Å². The normalized spacial score (nSPS) is 8.17. The van der Waals surface area contributed by atoms with E-state index in [9.17, 15) is 4.39 Å². The molecule has 1 aromatic carbocycles. The maximum Gasteiger partial charge on any atom is 0.150 e. The molecule has 0 aliphatic carbocycles. The van der Waals surface area contributed by atoms with E-state index in [1.54, 1.807) is 13.0 Å². The van der Waals surface area contributed by atoms with Crippen molar-refractivity contribution in [3.8, 4) is 0 Å². The molecule has 102 valence electrons. The summed E-state index contributed by atoms with van der Waals surface area (Å²) in [5, 5.41) is 5.30. The molecule has 1 aromatic rings. The summed E-state index contributed by atoms with van der Waals surface area (Å²) >= 11 is 5.62. The highest BCUT2D eigenvalue weighted by Crippen LogP contribution is 2.25. The third kappa shape index (κ3) is 5.82. The van der Waals surface area contributed by atoms with Crippen molar-refractivity contribution in [2.45, 2.75) is 34.6 Å². The van der Waals surface area contributed by atoms with E-state index in [1.807, 2.05) is 27.7 Å². The van der Waals surface area contributed by atoms with Gasteiger partial charge in [0.25, 0.3) is 0 Å². The van der Waals surface area contributed by atoms with E-state index >= 15 is 0 Å². The molecule has 0 aromatic heterocycles. The van der Waals surface area contributed by atoms with Gasteiger partial charge < -0.3 is 0 Å². The Morgan fingerprint density at radius 3 is 2.11 bits per heavy atom. The van der Waals surface area contributed by atoms with E-state index in [0.29, 0.717) is 10.7 Å². The Morgan fingerprint density at radius 2 is 1.78 bits per heavy atom. The Labute approximate surface area is 115 Å². The molecule has 0 aliphatic rings. The van der Waals surface area contributed by atoms with Crippen molar-refractivity contribution in [2.75, 3.05) is 5.01 Å². The van der Waals surface area contributed by atoms with Gasteiger partial charge in [-0.2, -0.15) is 5.10 Å². The lowest BCUT2D eigenvalue weighted by atomic mass is 10.3. The highest BCUT2D eigenvalue weighted by Gasteiger charge is 2.10. The molecule has 0 atom stereocenters. The monoisotopic (exact) mass is 272 g/mol. The number of hydrogen-bond acceptors (Lipinski definition) is 2. The molecule has 4 heteroatoms. The summed E-state index contributed by atoms with van der Waals surface area (Å²) in [6.45, 7) is 16.7. The second kappa shape index (κ2) is 10.8. The van der Waals surface area contributed by atoms with Crippen molar-refractivity contribution in [3.63, 3.8) is 0 Å². The maximum atomic E-state index is 13.4. The number of rotatable bonds is 3. The van der Waals surface area contributed by atoms with Gasteiger partial charge in [-0.15, -0.1) is 0 Å². The molecule has 2 nitrogen and oxygen atoms in total. The smallest absolute Gasteiger partial charge is 0.150 e. The fraction of sp³-hybridized carbons (Fsp3) is 0.357. The predicted molar refractivity (Wildman–Crippen MR) is 80.9 cm³/mol. The van der Waals surface area contributed by atoms with E-state index < -0.39 is 5.82 Å². The summed E-state index contributed by atoms with van der Waals surface area (Å²) in [6.07, 6.45) is 0. The Kier molecular flexibility index (Phi) is 11.4. The quantitative estimate of drug-likeness (QED) is 0.525. The van der Waals surface area contributed by atoms with Gasteiger partial charge in [0.05, 0.1) is 0 Å². The molecule has 0 saturated carbocycles. The summed E-state index contributed by atoms with van der Waals surface area (Å²) in [7, 11) is 0. The molecule has 0 radical (unpaired) electrons. The first-order valence-corrected chi connectivity index (χ1v) is 6.31. The molecule has 1 rings (SSSR count). The number of hydrogen-bond donors (Lipinski definition) is 0. The van der Waals surface area contributed by atoms with Crippen LogP contribution in [0.25, 0.3) is 0 Å². The topological polar surface area (TPSA) is 15.6 Å². The number of nitrogens with zero attached hydrogens (tertiary/aromatic N) is 2. The molecule has 0 saturated heterocycles. The summed E-state index contributed by atoms with van der Waals surface area (Å²) in [6, 6.07) is 4.33. The second-order valence-corrected chi connectivity index (χ2v) is 3.22. The lowest BCUT2D eigenvalue weighted by Crippen LogP contribution is -2.13. The molecule has 0 unspecified atom stereocenters. The Hall–Kier alpha value is -1.35. The van der Waals surface area contributed by atoms with Crippen molar-refractivity contribution in [2.24, 2.45) is 5.10 Å². The van der Waals surface area contributed by atoms with Crippen LogP contribution in [0.3, 0.4) is 0 Å². The molecule has 0 N–H and O–H groups in total. The molecule has 0 aliphatic heterocycles. The number of halogens is 2. The predicted octanol–water partition coefficient (Wildman–Crippen LogP) is 5.49. The minimum absolute atomic E-state index is 0.289. The fourth-order valence-corrected chi connectivity index (χ4v) is 1.21. The summed E-state index contributed by atoms with van der Waals surface area (Å²) in [5.41, 5.74) is 0.873. The van der Waals surface area contributed by atoms with Crippen LogP contribution in [0.15, 0.2) is 35.6 Å². The maximum absolute atomic E-state index is 13.4. The number of benzene rings is 1. The molecule has 0 bridgehead atoms. The van der Waals surface area contributed by atoms with Gasteiger partial charge in [0.1, 0.15) is 11.5 Å². The van der Waals surface area contributed by atoms with E-state index in [2.05, 4.69) is 18.4 Å². The van der Waals surface area contributed by atoms with Crippen LogP contribution >= 0.6 is 11.6 Å². The number of allylic oxidation sites excluding steroid dienone is 1. The largest absolute Gasteiger partial charge is 0.236 e. The van der Waals surface area contributed by atoms with Crippen LogP contribution in [0.5, 0.6) is 0 Å². The average Bonchev–Trinajstić information content (AvgIpc) is 2.37. The Morgan fingerprint density at radius 1 is 1.28 bits per heavy atom. The summed E-state index contributed by atoms with van der Waals surface area (Å²) in [4.78, 5) is 0. The van der Waals surface area contributed by atoms with Gasteiger partial charge in [-0.3, -0.25) is 0 Å². The Balaban J connectivity index is 0. The molecule has 0 amide bonds. The fourth-order valence-electron chi connectivity index (χ4n) is 1.06. The number of anilines is 1. The van der Waals surface area contributed by atoms with Crippen LogP contribution in [0, 0.1) is 5.82 Å². The SMILES string of the molecule is C=NN(C(=C)C)c1ccc(Cl)cc1F.CC.CC. The standard InChI is InChI=1S/C10H10ClFN2.2C2H6/c1-7(2)14(13-3)10-5-4-8(11)6-9(10)12;2*1-2/h4-6H,1,3H2,2H3;2*1-2H3. The van der Waals surface area contributed by atoms with Gasteiger partial charge in [-0.1, -0.05) is 45.9 Å². The summed E-state index contributed by atoms with van der Waals surface area (Å²) in [5.74, 6) is -0.451. The van der Waals surface area contributed by atoms with Crippen molar-refractivity contribution < 1.29 is 4.39 Å². The second-order valence-electron chi connectivity index (χ2n) is 2.78. The zero-order valence-corrected chi connectivity index (χ0v) is 12.6. The van der Waals surface area contributed by atoms with Crippen LogP contribution in [0.1, 0.15) is 34.6 Å². The lowest BCUT2D eigenvalue weighted by molar-refractivity contribution is 0.624. The molecule has 18 heavy (non-hydrogen) atoms. The molecular weight excluding hydrogens is 251 g/mol. The average molecular weight is 273 g/mol. The molecule has 0 spiro atoms. The first-order chi connectivity index (χ1) is 8.56. The minimum Gasteiger partial charge on any atom is -0.236 e. The Bertz CT molecular complexity index is 378. The minimum atomic E-state index is -0.451. The van der Waals surface area contributed by atoms with Crippen molar-refractivity contribution in [1.29, 1.82) is 0 Å². The molecule has 0 heterocycles. The van der Waals surface area contributed by atoms with Crippen LogP contribution in [-0.4, -0.2) is 6.72 Å². The zero-order chi connectivity index (χ0) is 14.7. The van der Waals surface area contributed by atoms with E-state index in [0.717, 1.165) is 0 Å². The van der Waals surface area contributed by atoms with Crippen LogP contribution in [0.4, 0.5) is 10.1 Å². The first-order valence-electron chi connectivity index (χ1n) is 5.93. The van der Waals surface area contributed by atoms with Gasteiger partial charge >= 0.3 is 0 Å². The van der Waals surface area contributed by atoms with Gasteiger partial charge in [0.2, 0.25) is 0 Å². The highest BCUT2D eigenvalue weighted by atomic mass is 35.5. The van der Waals surface area contributed by atoms with E-state index in [-0.39, 0.29) is 5.69 Å². The van der Waals surface area contributed by atoms with Gasteiger partial charge in [-0.05, 0) is 25.1 Å². The van der Waals surface area contributed by atoms with Gasteiger partial charge in [0.15, 0.2) is 0 Å². The van der Waals surface area contributed by atoms with Crippen molar-refractivity contribution in [3.05, 3.63) is 41.3 Å². The van der Waals surface area contributed by atoms with Crippen LogP contribution < -0.4 is 5.01 Å². The third-order valence-corrected chi connectivity index (χ3v) is 1.88. The zero-order valence-electron chi connectivity index (χ0n) is 11.8. The highest BCUT2D eigenvalue weighted by molar-refractivity contribution is 6.30. The number of hydrazone groups is 1. The first kappa shape index (κ1) is 19.0. The third-order valence-electron chi connectivity index (χ3n) is 1.64. The van der Waals surface area contributed by atoms with E-state index in [4.69, 9.17) is 11.6 Å².